The molecular formula is C15H7Cl3O3. The normalized spacial score (nSPS) is 15.2. The van der Waals surface area contributed by atoms with E-state index in [0.29, 0.717) is 21.9 Å². The van der Waals surface area contributed by atoms with Gasteiger partial charge in [0.1, 0.15) is 0 Å². The molecular weight excluding hydrogens is 335 g/mol. The number of halogens is 3. The van der Waals surface area contributed by atoms with Gasteiger partial charge >= 0.3 is 0 Å². The molecule has 0 fully saturated rings. The third-order valence-corrected chi connectivity index (χ3v) is 3.86. The van der Waals surface area contributed by atoms with E-state index < -0.39 is 0 Å². The summed E-state index contributed by atoms with van der Waals surface area (Å²) in [4.78, 5) is 12.2. The van der Waals surface area contributed by atoms with Crippen molar-refractivity contribution in [3.05, 3.63) is 62.3 Å². The number of Topliss-reactive ketones (excluding diaryl/α,β-unsaturated/α-hetero) is 1. The van der Waals surface area contributed by atoms with Gasteiger partial charge in [-0.1, -0.05) is 40.9 Å². The maximum Gasteiger partial charge on any atom is 0.232 e. The predicted octanol–water partition coefficient (Wildman–Crippen LogP) is 4.97. The zero-order chi connectivity index (χ0) is 15.1. The lowest BCUT2D eigenvalue weighted by atomic mass is 10.1. The van der Waals surface area contributed by atoms with Gasteiger partial charge in [0.05, 0.1) is 20.6 Å². The molecule has 1 heterocycles. The number of carbonyl (C=O) groups excluding carboxylic acids is 1. The van der Waals surface area contributed by atoms with Gasteiger partial charge in [0.15, 0.2) is 17.3 Å². The molecule has 0 saturated heterocycles. The van der Waals surface area contributed by atoms with Gasteiger partial charge < -0.3 is 9.84 Å². The van der Waals surface area contributed by atoms with E-state index in [4.69, 9.17) is 39.5 Å². The van der Waals surface area contributed by atoms with Crippen molar-refractivity contribution in [2.75, 3.05) is 0 Å². The van der Waals surface area contributed by atoms with Gasteiger partial charge in [0.25, 0.3) is 0 Å². The number of carbonyl (C=O) groups is 1. The fraction of sp³-hybridized carbons (Fsp3) is 0. The van der Waals surface area contributed by atoms with Gasteiger partial charge in [-0.25, -0.2) is 0 Å². The number of hydrogen-bond acceptors (Lipinski definition) is 3. The highest BCUT2D eigenvalue weighted by atomic mass is 35.5. The Morgan fingerprint density at radius 3 is 2.33 bits per heavy atom. The number of para-hydroxylation sites is 1. The van der Waals surface area contributed by atoms with E-state index in [1.54, 1.807) is 18.2 Å². The molecule has 3 nitrogen and oxygen atoms in total. The first kappa shape index (κ1) is 14.3. The average Bonchev–Trinajstić information content (AvgIpc) is 2.75. The highest BCUT2D eigenvalue weighted by Crippen LogP contribution is 2.39. The third-order valence-electron chi connectivity index (χ3n) is 2.98. The summed E-state index contributed by atoms with van der Waals surface area (Å²) in [5, 5.41) is 10.1. The van der Waals surface area contributed by atoms with Gasteiger partial charge in [-0.3, -0.25) is 4.79 Å². The van der Waals surface area contributed by atoms with Crippen LogP contribution in [0.5, 0.6) is 11.5 Å². The van der Waals surface area contributed by atoms with Crippen LogP contribution in [0.1, 0.15) is 15.9 Å². The summed E-state index contributed by atoms with van der Waals surface area (Å²) < 4.78 is 5.49. The molecule has 3 rings (SSSR count). The standard InChI is InChI=1S/C15H7Cl3O3/c16-9-3-1-2-8-13(19)12(21-15(8)9)6-7-4-10(17)14(20)11(18)5-7/h1-6,20H/b12-6-. The topological polar surface area (TPSA) is 46.5 Å². The minimum atomic E-state index is -0.271. The minimum Gasteiger partial charge on any atom is -0.505 e. The molecule has 2 aromatic rings. The van der Waals surface area contributed by atoms with Crippen molar-refractivity contribution in [1.29, 1.82) is 0 Å². The highest BCUT2D eigenvalue weighted by Gasteiger charge is 2.29. The van der Waals surface area contributed by atoms with E-state index in [1.165, 1.54) is 18.2 Å². The number of fused-ring (bicyclic) bond motifs is 1. The zero-order valence-electron chi connectivity index (χ0n) is 10.4. The Hall–Kier alpha value is -1.68. The van der Waals surface area contributed by atoms with Gasteiger partial charge in [-0.05, 0) is 35.9 Å². The smallest absolute Gasteiger partial charge is 0.232 e. The Morgan fingerprint density at radius 1 is 1.05 bits per heavy atom. The third kappa shape index (κ3) is 2.48. The van der Waals surface area contributed by atoms with E-state index in [9.17, 15) is 9.90 Å². The Morgan fingerprint density at radius 2 is 1.71 bits per heavy atom. The van der Waals surface area contributed by atoms with Crippen molar-refractivity contribution in [3.8, 4) is 11.5 Å². The van der Waals surface area contributed by atoms with Crippen molar-refractivity contribution in [3.63, 3.8) is 0 Å². The Bertz CT molecular complexity index is 774. The molecule has 21 heavy (non-hydrogen) atoms. The number of phenols is 1. The van der Waals surface area contributed by atoms with Gasteiger partial charge in [0.2, 0.25) is 5.78 Å². The second kappa shape index (κ2) is 5.26. The average molecular weight is 342 g/mol. The van der Waals surface area contributed by atoms with E-state index in [2.05, 4.69) is 0 Å². The number of aromatic hydroxyl groups is 1. The number of phenolic OH excluding ortho intramolecular Hbond substituents is 1. The zero-order valence-corrected chi connectivity index (χ0v) is 12.6. The molecule has 0 unspecified atom stereocenters. The summed E-state index contributed by atoms with van der Waals surface area (Å²) in [7, 11) is 0. The molecule has 0 saturated carbocycles. The molecule has 1 aliphatic heterocycles. The van der Waals surface area contributed by atoms with E-state index in [-0.39, 0.29) is 27.3 Å². The van der Waals surface area contributed by atoms with Crippen molar-refractivity contribution in [1.82, 2.24) is 0 Å². The summed E-state index contributed by atoms with van der Waals surface area (Å²) in [5.41, 5.74) is 0.944. The summed E-state index contributed by atoms with van der Waals surface area (Å²) in [5.74, 6) is -0.0133. The number of ether oxygens (including phenoxy) is 1. The highest BCUT2D eigenvalue weighted by molar-refractivity contribution is 6.37. The number of benzene rings is 2. The van der Waals surface area contributed by atoms with Crippen LogP contribution in [0.15, 0.2) is 36.1 Å². The first-order valence-corrected chi connectivity index (χ1v) is 7.01. The minimum absolute atomic E-state index is 0.0929. The van der Waals surface area contributed by atoms with Gasteiger partial charge in [-0.2, -0.15) is 0 Å². The molecule has 0 bridgehead atoms. The predicted molar refractivity (Wildman–Crippen MR) is 82.5 cm³/mol. The fourth-order valence-electron chi connectivity index (χ4n) is 2.00. The number of ketones is 1. The van der Waals surface area contributed by atoms with Crippen LogP contribution in [0.4, 0.5) is 0 Å². The summed E-state index contributed by atoms with van der Waals surface area (Å²) in [6, 6.07) is 7.93. The van der Waals surface area contributed by atoms with Crippen LogP contribution >= 0.6 is 34.8 Å². The molecule has 2 aromatic carbocycles. The lowest BCUT2D eigenvalue weighted by Crippen LogP contribution is -1.98. The van der Waals surface area contributed by atoms with Crippen molar-refractivity contribution in [2.24, 2.45) is 0 Å². The summed E-state index contributed by atoms with van der Waals surface area (Å²) in [6.45, 7) is 0. The molecule has 6 heteroatoms. The molecule has 1 aliphatic rings. The Kier molecular flexibility index (Phi) is 3.57. The van der Waals surface area contributed by atoms with Crippen LogP contribution in [-0.2, 0) is 0 Å². The van der Waals surface area contributed by atoms with Crippen LogP contribution in [0, 0.1) is 0 Å². The Labute approximate surface area is 135 Å². The lowest BCUT2D eigenvalue weighted by Gasteiger charge is -2.03. The monoisotopic (exact) mass is 340 g/mol. The van der Waals surface area contributed by atoms with Crippen LogP contribution in [-0.4, -0.2) is 10.9 Å². The Balaban J connectivity index is 2.04. The largest absolute Gasteiger partial charge is 0.505 e. The van der Waals surface area contributed by atoms with Crippen molar-refractivity contribution in [2.45, 2.75) is 0 Å². The second-order valence-corrected chi connectivity index (χ2v) is 5.61. The SMILES string of the molecule is O=C1/C(=C/c2cc(Cl)c(O)c(Cl)c2)Oc2c(Cl)cccc21. The van der Waals surface area contributed by atoms with E-state index >= 15 is 0 Å². The van der Waals surface area contributed by atoms with Crippen LogP contribution in [0.2, 0.25) is 15.1 Å². The molecule has 0 radical (unpaired) electrons. The van der Waals surface area contributed by atoms with Gasteiger partial charge in [0, 0.05) is 0 Å². The van der Waals surface area contributed by atoms with Gasteiger partial charge in [-0.15, -0.1) is 0 Å². The molecule has 1 N–H and O–H groups in total. The maximum atomic E-state index is 12.2. The quantitative estimate of drug-likeness (QED) is 0.745. The summed E-state index contributed by atoms with van der Waals surface area (Å²) >= 11 is 17.7. The molecule has 0 spiro atoms. The van der Waals surface area contributed by atoms with Crippen LogP contribution < -0.4 is 4.74 Å². The van der Waals surface area contributed by atoms with Crippen LogP contribution in [0.25, 0.3) is 6.08 Å². The van der Waals surface area contributed by atoms with Crippen molar-refractivity contribution < 1.29 is 14.6 Å². The molecule has 0 aromatic heterocycles. The number of allylic oxidation sites excluding steroid dienone is 1. The number of hydrogen-bond donors (Lipinski definition) is 1. The van der Waals surface area contributed by atoms with E-state index in [0.717, 1.165) is 0 Å². The second-order valence-electron chi connectivity index (χ2n) is 4.39. The first-order chi connectivity index (χ1) is 9.97. The first-order valence-electron chi connectivity index (χ1n) is 5.88. The maximum absolute atomic E-state index is 12.2. The van der Waals surface area contributed by atoms with Crippen LogP contribution in [0.3, 0.4) is 0 Å². The molecule has 0 amide bonds. The molecule has 0 aliphatic carbocycles. The van der Waals surface area contributed by atoms with Crippen molar-refractivity contribution >= 4 is 46.7 Å². The number of rotatable bonds is 1. The fourth-order valence-corrected chi connectivity index (χ4v) is 2.71. The van der Waals surface area contributed by atoms with E-state index in [1.807, 2.05) is 0 Å². The molecule has 0 atom stereocenters. The summed E-state index contributed by atoms with van der Waals surface area (Å²) in [6.07, 6.45) is 1.50. The lowest BCUT2D eigenvalue weighted by molar-refractivity contribution is 0.101. The molecule has 106 valence electrons.